The van der Waals surface area contributed by atoms with Crippen molar-refractivity contribution >= 4 is 23.4 Å². The Balaban J connectivity index is 1.78. The highest BCUT2D eigenvalue weighted by Gasteiger charge is 2.22. The van der Waals surface area contributed by atoms with Crippen LogP contribution in [0.1, 0.15) is 51.5 Å². The van der Waals surface area contributed by atoms with E-state index in [9.17, 15) is 14.4 Å². The Morgan fingerprint density at radius 1 is 1.15 bits per heavy atom. The van der Waals surface area contributed by atoms with Gasteiger partial charge in [-0.3, -0.25) is 14.4 Å². The van der Waals surface area contributed by atoms with Crippen LogP contribution in [0.3, 0.4) is 0 Å². The molecule has 6 nitrogen and oxygen atoms in total. The summed E-state index contributed by atoms with van der Waals surface area (Å²) in [6.45, 7) is 4.09. The Morgan fingerprint density at radius 2 is 1.88 bits per heavy atom. The van der Waals surface area contributed by atoms with Gasteiger partial charge < -0.3 is 16.0 Å². The summed E-state index contributed by atoms with van der Waals surface area (Å²) in [7, 11) is 0. The third-order valence-corrected chi connectivity index (χ3v) is 4.89. The number of hydrogen-bond acceptors (Lipinski definition) is 3. The molecule has 1 aromatic rings. The first-order valence-corrected chi connectivity index (χ1v) is 9.43. The maximum absolute atomic E-state index is 12.2. The minimum atomic E-state index is -0.234. The number of nitrogens with one attached hydrogen (secondary N) is 3. The Hall–Kier alpha value is -2.37. The molecule has 1 aliphatic carbocycles. The van der Waals surface area contributed by atoms with Crippen LogP contribution in [-0.4, -0.2) is 24.3 Å². The molecule has 3 amide bonds. The third-order valence-electron chi connectivity index (χ3n) is 4.89. The lowest BCUT2D eigenvalue weighted by Gasteiger charge is -2.12. The molecule has 142 valence electrons. The van der Waals surface area contributed by atoms with Crippen LogP contribution in [0.5, 0.6) is 0 Å². The van der Waals surface area contributed by atoms with E-state index in [2.05, 4.69) is 16.0 Å². The van der Waals surface area contributed by atoms with Gasteiger partial charge >= 0.3 is 0 Å². The number of anilines is 1. The van der Waals surface area contributed by atoms with E-state index in [1.54, 1.807) is 0 Å². The van der Waals surface area contributed by atoms with Crippen LogP contribution in [0.4, 0.5) is 5.69 Å². The SMILES string of the molecule is CCC(C)C(=O)NCC(=O)NCc1cccc(NC(=O)C2CCCC2)c1. The van der Waals surface area contributed by atoms with Crippen molar-refractivity contribution in [1.82, 2.24) is 10.6 Å². The molecule has 1 fully saturated rings. The van der Waals surface area contributed by atoms with Gasteiger partial charge in [0.05, 0.1) is 6.54 Å². The first kappa shape index (κ1) is 19.9. The lowest BCUT2D eigenvalue weighted by Crippen LogP contribution is -2.38. The molecule has 0 heterocycles. The van der Waals surface area contributed by atoms with Crippen LogP contribution in [0.2, 0.25) is 0 Å². The Bertz CT molecular complexity index is 639. The van der Waals surface area contributed by atoms with Gasteiger partial charge in [-0.15, -0.1) is 0 Å². The number of benzene rings is 1. The number of carbonyl (C=O) groups is 3. The maximum Gasteiger partial charge on any atom is 0.239 e. The monoisotopic (exact) mass is 359 g/mol. The molecule has 0 saturated heterocycles. The summed E-state index contributed by atoms with van der Waals surface area (Å²) in [5.74, 6) is -0.242. The molecule has 0 aliphatic heterocycles. The summed E-state index contributed by atoms with van der Waals surface area (Å²) in [6, 6.07) is 7.47. The van der Waals surface area contributed by atoms with E-state index in [-0.39, 0.29) is 36.1 Å². The molecule has 0 spiro atoms. The molecule has 1 atom stereocenters. The van der Waals surface area contributed by atoms with Crippen molar-refractivity contribution in [2.45, 2.75) is 52.5 Å². The predicted molar refractivity (Wildman–Crippen MR) is 101 cm³/mol. The van der Waals surface area contributed by atoms with E-state index >= 15 is 0 Å². The quantitative estimate of drug-likeness (QED) is 0.667. The summed E-state index contributed by atoms with van der Waals surface area (Å²) in [6.07, 6.45) is 4.91. The smallest absolute Gasteiger partial charge is 0.239 e. The molecule has 0 aromatic heterocycles. The van der Waals surface area contributed by atoms with Gasteiger partial charge in [-0.1, -0.05) is 38.8 Å². The van der Waals surface area contributed by atoms with E-state index in [1.165, 1.54) is 0 Å². The zero-order chi connectivity index (χ0) is 18.9. The lowest BCUT2D eigenvalue weighted by molar-refractivity contribution is -0.128. The van der Waals surface area contributed by atoms with Crippen molar-refractivity contribution in [2.24, 2.45) is 11.8 Å². The summed E-state index contributed by atoms with van der Waals surface area (Å²) < 4.78 is 0. The summed E-state index contributed by atoms with van der Waals surface area (Å²) in [5.41, 5.74) is 1.65. The highest BCUT2D eigenvalue weighted by Crippen LogP contribution is 2.26. The summed E-state index contributed by atoms with van der Waals surface area (Å²) in [5, 5.41) is 8.37. The molecule has 0 radical (unpaired) electrons. The molecule has 2 rings (SSSR count). The van der Waals surface area contributed by atoms with Crippen molar-refractivity contribution in [3.05, 3.63) is 29.8 Å². The van der Waals surface area contributed by atoms with E-state index in [0.29, 0.717) is 6.54 Å². The van der Waals surface area contributed by atoms with Crippen molar-refractivity contribution in [3.63, 3.8) is 0 Å². The highest BCUT2D eigenvalue weighted by atomic mass is 16.2. The minimum Gasteiger partial charge on any atom is -0.350 e. The summed E-state index contributed by atoms with van der Waals surface area (Å²) >= 11 is 0. The number of amides is 3. The van der Waals surface area contributed by atoms with Crippen molar-refractivity contribution in [2.75, 3.05) is 11.9 Å². The minimum absolute atomic E-state index is 0.0265. The fourth-order valence-corrected chi connectivity index (χ4v) is 2.98. The number of rotatable bonds is 8. The lowest BCUT2D eigenvalue weighted by atomic mass is 10.1. The molecule has 3 N–H and O–H groups in total. The average molecular weight is 359 g/mol. The molecule has 1 unspecified atom stereocenters. The highest BCUT2D eigenvalue weighted by molar-refractivity contribution is 5.92. The van der Waals surface area contributed by atoms with Crippen LogP contribution in [-0.2, 0) is 20.9 Å². The van der Waals surface area contributed by atoms with Crippen LogP contribution < -0.4 is 16.0 Å². The summed E-state index contributed by atoms with van der Waals surface area (Å²) in [4.78, 5) is 35.8. The van der Waals surface area contributed by atoms with E-state index < -0.39 is 0 Å². The van der Waals surface area contributed by atoms with Gasteiger partial charge in [0, 0.05) is 24.1 Å². The average Bonchev–Trinajstić information content (AvgIpc) is 3.19. The molecular weight excluding hydrogens is 330 g/mol. The van der Waals surface area contributed by atoms with E-state index in [1.807, 2.05) is 38.1 Å². The Kier molecular flexibility index (Phi) is 7.63. The van der Waals surface area contributed by atoms with E-state index in [0.717, 1.165) is 43.4 Å². The molecule has 1 aromatic carbocycles. The topological polar surface area (TPSA) is 87.3 Å². The van der Waals surface area contributed by atoms with Crippen molar-refractivity contribution in [1.29, 1.82) is 0 Å². The fraction of sp³-hybridized carbons (Fsp3) is 0.550. The Labute approximate surface area is 155 Å². The van der Waals surface area contributed by atoms with Gasteiger partial charge in [0.1, 0.15) is 0 Å². The van der Waals surface area contributed by atoms with Gasteiger partial charge in [0.2, 0.25) is 17.7 Å². The van der Waals surface area contributed by atoms with E-state index in [4.69, 9.17) is 0 Å². The van der Waals surface area contributed by atoms with Crippen molar-refractivity contribution in [3.8, 4) is 0 Å². The second-order valence-electron chi connectivity index (χ2n) is 6.97. The molecule has 0 bridgehead atoms. The normalized spacial score (nSPS) is 15.3. The predicted octanol–water partition coefficient (Wildman–Crippen LogP) is 2.59. The van der Waals surface area contributed by atoms with Gasteiger partial charge in [-0.05, 0) is 37.0 Å². The van der Waals surface area contributed by atoms with Crippen LogP contribution in [0, 0.1) is 11.8 Å². The second-order valence-corrected chi connectivity index (χ2v) is 6.97. The zero-order valence-electron chi connectivity index (χ0n) is 15.6. The van der Waals surface area contributed by atoms with Gasteiger partial charge in [0.25, 0.3) is 0 Å². The maximum atomic E-state index is 12.2. The fourth-order valence-electron chi connectivity index (χ4n) is 2.98. The number of hydrogen-bond donors (Lipinski definition) is 3. The van der Waals surface area contributed by atoms with Gasteiger partial charge in [-0.25, -0.2) is 0 Å². The third kappa shape index (κ3) is 6.17. The number of carbonyl (C=O) groups excluding carboxylic acids is 3. The van der Waals surface area contributed by atoms with Crippen LogP contribution in [0.25, 0.3) is 0 Å². The largest absolute Gasteiger partial charge is 0.350 e. The first-order valence-electron chi connectivity index (χ1n) is 9.43. The van der Waals surface area contributed by atoms with Crippen LogP contribution in [0.15, 0.2) is 24.3 Å². The molecule has 6 heteroatoms. The molecule has 1 aliphatic rings. The molecule has 26 heavy (non-hydrogen) atoms. The molecule has 1 saturated carbocycles. The standard InChI is InChI=1S/C20H29N3O3/c1-3-14(2)19(25)22-13-18(24)21-12-15-7-6-10-17(11-15)23-20(26)16-8-4-5-9-16/h6-7,10-11,14,16H,3-5,8-9,12-13H2,1-2H3,(H,21,24)(H,22,25)(H,23,26). The van der Waals surface area contributed by atoms with Gasteiger partial charge in [-0.2, -0.15) is 0 Å². The zero-order valence-corrected chi connectivity index (χ0v) is 15.6. The molecular formula is C20H29N3O3. The first-order chi connectivity index (χ1) is 12.5. The Morgan fingerprint density at radius 3 is 2.58 bits per heavy atom. The van der Waals surface area contributed by atoms with Gasteiger partial charge in [0.15, 0.2) is 0 Å². The van der Waals surface area contributed by atoms with Crippen molar-refractivity contribution < 1.29 is 14.4 Å². The van der Waals surface area contributed by atoms with Crippen LogP contribution >= 0.6 is 0 Å². The second kappa shape index (κ2) is 9.94.